The van der Waals surface area contributed by atoms with Crippen LogP contribution in [0, 0.1) is 0 Å². The summed E-state index contributed by atoms with van der Waals surface area (Å²) >= 11 is 1.44. The molecule has 4 nitrogen and oxygen atoms in total. The fourth-order valence-electron chi connectivity index (χ4n) is 1.38. The molecule has 0 radical (unpaired) electrons. The number of hydrogen-bond donors (Lipinski definition) is 3. The van der Waals surface area contributed by atoms with Crippen molar-refractivity contribution in [3.8, 4) is 0 Å². The second-order valence-corrected chi connectivity index (χ2v) is 3.98. The molecule has 3 N–H and O–H groups in total. The van der Waals surface area contributed by atoms with Crippen molar-refractivity contribution in [3.05, 3.63) is 0 Å². The summed E-state index contributed by atoms with van der Waals surface area (Å²) in [7, 11) is 0. The fraction of sp³-hybridized carbons (Fsp3) is 1.00. The quantitative estimate of drug-likeness (QED) is 0.423. The molecule has 2 heterocycles. The van der Waals surface area contributed by atoms with E-state index in [4.69, 9.17) is 4.74 Å². The molecule has 2 aliphatic heterocycles. The summed E-state index contributed by atoms with van der Waals surface area (Å²) in [4.78, 5) is 0. The van der Waals surface area contributed by atoms with E-state index in [1.54, 1.807) is 0 Å². The molecule has 5 atom stereocenters. The van der Waals surface area contributed by atoms with E-state index in [0.717, 1.165) is 0 Å². The summed E-state index contributed by atoms with van der Waals surface area (Å²) in [6.45, 7) is 0. The second-order valence-electron chi connectivity index (χ2n) is 2.85. The summed E-state index contributed by atoms with van der Waals surface area (Å²) in [5.41, 5.74) is -0.349. The van der Waals surface area contributed by atoms with Gasteiger partial charge in [-0.15, -0.1) is 11.8 Å². The highest BCUT2D eigenvalue weighted by Crippen LogP contribution is 2.36. The number of fused-ring (bicyclic) bond motifs is 2. The Kier molecular flexibility index (Phi) is 1.85. The molecule has 0 aliphatic carbocycles. The van der Waals surface area contributed by atoms with Gasteiger partial charge in [0, 0.05) is 5.75 Å². The van der Waals surface area contributed by atoms with Crippen molar-refractivity contribution in [3.63, 3.8) is 0 Å². The van der Waals surface area contributed by atoms with Crippen LogP contribution in [0.2, 0.25) is 0 Å². The molecule has 11 heavy (non-hydrogen) atoms. The molecule has 2 rings (SSSR count). The zero-order valence-corrected chi connectivity index (χ0v) is 6.57. The van der Waals surface area contributed by atoms with E-state index in [-0.39, 0.29) is 11.5 Å². The van der Waals surface area contributed by atoms with Crippen molar-refractivity contribution in [1.82, 2.24) is 0 Å². The van der Waals surface area contributed by atoms with Crippen molar-refractivity contribution >= 4 is 11.8 Å². The Hall–Kier alpha value is 0.190. The van der Waals surface area contributed by atoms with Crippen LogP contribution in [-0.4, -0.2) is 50.9 Å². The molecule has 2 fully saturated rings. The van der Waals surface area contributed by atoms with Gasteiger partial charge in [-0.1, -0.05) is 0 Å². The Morgan fingerprint density at radius 3 is 2.55 bits per heavy atom. The van der Waals surface area contributed by atoms with E-state index in [1.807, 2.05) is 0 Å². The molecule has 0 aromatic carbocycles. The monoisotopic (exact) mass is 178 g/mol. The SMILES string of the molecule is O[C@@H]1[C@@H](O)[C@H]2CS[C@H](O2)[C@@H]1O. The molecule has 0 aromatic heterocycles. The molecule has 0 aromatic rings. The lowest BCUT2D eigenvalue weighted by Crippen LogP contribution is -2.53. The first-order chi connectivity index (χ1) is 5.20. The predicted octanol–water partition coefficient (Wildman–Crippen LogP) is -1.46. The van der Waals surface area contributed by atoms with Gasteiger partial charge in [0.25, 0.3) is 0 Å². The van der Waals surface area contributed by atoms with Gasteiger partial charge in [0.1, 0.15) is 23.7 Å². The largest absolute Gasteiger partial charge is 0.388 e. The molecule has 0 unspecified atom stereocenters. The van der Waals surface area contributed by atoms with E-state index >= 15 is 0 Å². The van der Waals surface area contributed by atoms with Crippen LogP contribution >= 0.6 is 11.8 Å². The van der Waals surface area contributed by atoms with Crippen molar-refractivity contribution in [2.24, 2.45) is 0 Å². The van der Waals surface area contributed by atoms with Crippen LogP contribution in [0.1, 0.15) is 0 Å². The van der Waals surface area contributed by atoms with Gasteiger partial charge < -0.3 is 20.1 Å². The van der Waals surface area contributed by atoms with Gasteiger partial charge in [-0.05, 0) is 0 Å². The minimum atomic E-state index is -1.05. The predicted molar refractivity (Wildman–Crippen MR) is 39.1 cm³/mol. The Bertz CT molecular complexity index is 145. The van der Waals surface area contributed by atoms with Crippen molar-refractivity contribution in [1.29, 1.82) is 0 Å². The third kappa shape index (κ3) is 1.08. The molecule has 2 saturated heterocycles. The highest BCUT2D eigenvalue weighted by Gasteiger charge is 2.48. The van der Waals surface area contributed by atoms with Crippen LogP contribution in [0.25, 0.3) is 0 Å². The van der Waals surface area contributed by atoms with Crippen LogP contribution in [-0.2, 0) is 4.74 Å². The van der Waals surface area contributed by atoms with Gasteiger partial charge in [0.05, 0.1) is 6.10 Å². The number of aliphatic hydroxyl groups excluding tert-OH is 3. The summed E-state index contributed by atoms with van der Waals surface area (Å²) in [5, 5.41) is 27.8. The minimum absolute atomic E-state index is 0.302. The van der Waals surface area contributed by atoms with E-state index < -0.39 is 18.3 Å². The Morgan fingerprint density at radius 1 is 1.09 bits per heavy atom. The second kappa shape index (κ2) is 2.60. The minimum Gasteiger partial charge on any atom is -0.388 e. The van der Waals surface area contributed by atoms with Crippen LogP contribution in [0.4, 0.5) is 0 Å². The highest BCUT2D eigenvalue weighted by atomic mass is 32.2. The van der Waals surface area contributed by atoms with Crippen molar-refractivity contribution in [2.45, 2.75) is 29.9 Å². The zero-order valence-electron chi connectivity index (χ0n) is 5.75. The van der Waals surface area contributed by atoms with E-state index in [2.05, 4.69) is 0 Å². The Labute approximate surface area is 68.2 Å². The average molecular weight is 178 g/mol. The van der Waals surface area contributed by atoms with Gasteiger partial charge >= 0.3 is 0 Å². The lowest BCUT2D eigenvalue weighted by Gasteiger charge is -2.33. The van der Waals surface area contributed by atoms with E-state index in [9.17, 15) is 15.3 Å². The molecule has 0 saturated carbocycles. The maximum absolute atomic E-state index is 9.29. The summed E-state index contributed by atoms with van der Waals surface area (Å²) in [5.74, 6) is 0.653. The third-order valence-corrected chi connectivity index (χ3v) is 3.33. The molecule has 2 aliphatic rings. The molecular weight excluding hydrogens is 168 g/mol. The van der Waals surface area contributed by atoms with Crippen LogP contribution in [0.3, 0.4) is 0 Å². The Morgan fingerprint density at radius 2 is 1.82 bits per heavy atom. The van der Waals surface area contributed by atoms with Gasteiger partial charge in [-0.2, -0.15) is 0 Å². The fourth-order valence-corrected chi connectivity index (χ4v) is 2.62. The van der Waals surface area contributed by atoms with Gasteiger partial charge in [-0.3, -0.25) is 0 Å². The smallest absolute Gasteiger partial charge is 0.132 e. The first-order valence-corrected chi connectivity index (χ1v) is 4.56. The zero-order chi connectivity index (χ0) is 8.01. The van der Waals surface area contributed by atoms with Crippen LogP contribution < -0.4 is 0 Å². The van der Waals surface area contributed by atoms with Crippen molar-refractivity contribution < 1.29 is 20.1 Å². The average Bonchev–Trinajstić information content (AvgIpc) is 2.44. The van der Waals surface area contributed by atoms with Crippen molar-refractivity contribution in [2.75, 3.05) is 5.75 Å². The molecule has 5 heteroatoms. The maximum Gasteiger partial charge on any atom is 0.132 e. The highest BCUT2D eigenvalue weighted by molar-refractivity contribution is 8.00. The third-order valence-electron chi connectivity index (χ3n) is 2.09. The van der Waals surface area contributed by atoms with Gasteiger partial charge in [0.15, 0.2) is 0 Å². The number of hydrogen-bond acceptors (Lipinski definition) is 5. The molecule has 0 spiro atoms. The lowest BCUT2D eigenvalue weighted by molar-refractivity contribution is -0.183. The Balaban J connectivity index is 2.16. The van der Waals surface area contributed by atoms with Crippen LogP contribution in [0.15, 0.2) is 0 Å². The number of ether oxygens (including phenoxy) is 1. The number of aliphatic hydroxyl groups is 3. The van der Waals surface area contributed by atoms with Gasteiger partial charge in [-0.25, -0.2) is 0 Å². The van der Waals surface area contributed by atoms with E-state index in [0.29, 0.717) is 5.75 Å². The number of thioether (sulfide) groups is 1. The summed E-state index contributed by atoms with van der Waals surface area (Å²) < 4.78 is 5.20. The molecule has 0 amide bonds. The summed E-state index contributed by atoms with van der Waals surface area (Å²) in [6, 6.07) is 0. The number of rotatable bonds is 0. The van der Waals surface area contributed by atoms with Gasteiger partial charge in [0.2, 0.25) is 0 Å². The standard InChI is InChI=1S/C6H10O4S/c7-3-2-1-11-6(10-2)5(9)4(3)8/h2-9H,1H2/t2-,3+,4-,5-,6+/m1/s1. The first kappa shape index (κ1) is 7.82. The summed E-state index contributed by atoms with van der Waals surface area (Å²) in [6.07, 6.45) is -3.23. The normalized spacial score (nSPS) is 56.5. The topological polar surface area (TPSA) is 69.9 Å². The van der Waals surface area contributed by atoms with Crippen LogP contribution in [0.5, 0.6) is 0 Å². The van der Waals surface area contributed by atoms with E-state index in [1.165, 1.54) is 11.8 Å². The molecule has 2 bridgehead atoms. The lowest BCUT2D eigenvalue weighted by atomic mass is 10.0. The maximum atomic E-state index is 9.29. The molecular formula is C6H10O4S. The first-order valence-electron chi connectivity index (χ1n) is 3.51. The molecule has 64 valence electrons.